The van der Waals surface area contributed by atoms with Crippen molar-refractivity contribution >= 4 is 63.5 Å². The fourth-order valence-electron chi connectivity index (χ4n) is 1.89. The summed E-state index contributed by atoms with van der Waals surface area (Å²) in [4.78, 5) is 16.1. The molecule has 0 unspecified atom stereocenters. The zero-order valence-corrected chi connectivity index (χ0v) is 18.8. The molecule has 1 aromatic carbocycles. The molecular formula is C16H26BrIN4OS. The summed E-state index contributed by atoms with van der Waals surface area (Å²) in [6, 6.07) is 7.34. The molecule has 0 spiro atoms. The number of hydrogen-bond acceptors (Lipinski definition) is 3. The Morgan fingerprint density at radius 1 is 1.17 bits per heavy atom. The Bertz CT molecular complexity index is 517. The average molecular weight is 529 g/mol. The Hall–Kier alpha value is -0.480. The fraction of sp³-hybridized carbons (Fsp3) is 0.500. The van der Waals surface area contributed by atoms with E-state index in [1.54, 1.807) is 19.2 Å². The van der Waals surface area contributed by atoms with E-state index in [0.29, 0.717) is 18.7 Å². The van der Waals surface area contributed by atoms with Gasteiger partial charge in [-0.25, -0.2) is 0 Å². The molecular weight excluding hydrogens is 503 g/mol. The van der Waals surface area contributed by atoms with Crippen molar-refractivity contribution in [3.63, 3.8) is 0 Å². The smallest absolute Gasteiger partial charge is 0.251 e. The quantitative estimate of drug-likeness (QED) is 0.199. The summed E-state index contributed by atoms with van der Waals surface area (Å²) in [5.74, 6) is 1.88. The SMILES string of the molecule is CN=C(NCCCCSC)NCCNC(=O)c1cccc(Br)c1.I. The molecule has 3 N–H and O–H groups in total. The van der Waals surface area contributed by atoms with Crippen LogP contribution in [0.3, 0.4) is 0 Å². The highest BCUT2D eigenvalue weighted by atomic mass is 127. The van der Waals surface area contributed by atoms with Gasteiger partial charge in [-0.15, -0.1) is 24.0 Å². The molecule has 1 aromatic rings. The van der Waals surface area contributed by atoms with Crippen LogP contribution >= 0.6 is 51.7 Å². The van der Waals surface area contributed by atoms with Gasteiger partial charge in [0.05, 0.1) is 0 Å². The third-order valence-electron chi connectivity index (χ3n) is 3.08. The van der Waals surface area contributed by atoms with Crippen LogP contribution in [0.1, 0.15) is 23.2 Å². The van der Waals surface area contributed by atoms with Crippen LogP contribution in [0.4, 0.5) is 0 Å². The van der Waals surface area contributed by atoms with E-state index in [1.165, 1.54) is 12.2 Å². The Morgan fingerprint density at radius 2 is 1.88 bits per heavy atom. The molecule has 0 aliphatic carbocycles. The van der Waals surface area contributed by atoms with Crippen LogP contribution in [-0.2, 0) is 0 Å². The predicted octanol–water partition coefficient (Wildman–Crippen LogP) is 3.11. The van der Waals surface area contributed by atoms with Crippen LogP contribution in [0, 0.1) is 0 Å². The standard InChI is InChI=1S/C16H25BrN4OS.HI/c1-18-16(20-8-3-4-11-23-2)21-10-9-19-15(22)13-6-5-7-14(17)12-13;/h5-7,12H,3-4,8-11H2,1-2H3,(H,19,22)(H2,18,20,21);1H. The Morgan fingerprint density at radius 3 is 2.54 bits per heavy atom. The molecule has 1 amide bonds. The van der Waals surface area contributed by atoms with Crippen molar-refractivity contribution < 1.29 is 4.79 Å². The second-order valence-electron chi connectivity index (χ2n) is 4.89. The highest BCUT2D eigenvalue weighted by molar-refractivity contribution is 14.0. The van der Waals surface area contributed by atoms with E-state index in [9.17, 15) is 4.79 Å². The molecule has 0 aliphatic rings. The second-order valence-corrected chi connectivity index (χ2v) is 6.79. The minimum atomic E-state index is -0.0758. The third-order valence-corrected chi connectivity index (χ3v) is 4.27. The van der Waals surface area contributed by atoms with Gasteiger partial charge in [0.1, 0.15) is 0 Å². The van der Waals surface area contributed by atoms with Gasteiger partial charge in [0.25, 0.3) is 5.91 Å². The number of nitrogens with one attached hydrogen (secondary N) is 3. The monoisotopic (exact) mass is 528 g/mol. The molecule has 5 nitrogen and oxygen atoms in total. The molecule has 0 radical (unpaired) electrons. The lowest BCUT2D eigenvalue weighted by atomic mass is 10.2. The van der Waals surface area contributed by atoms with Gasteiger partial charge in [-0.05, 0) is 43.0 Å². The molecule has 0 atom stereocenters. The number of nitrogens with zero attached hydrogens (tertiary/aromatic N) is 1. The van der Waals surface area contributed by atoms with Crippen LogP contribution in [0.15, 0.2) is 33.7 Å². The van der Waals surface area contributed by atoms with Crippen molar-refractivity contribution in [3.8, 4) is 0 Å². The summed E-state index contributed by atoms with van der Waals surface area (Å²) in [5.41, 5.74) is 0.649. The van der Waals surface area contributed by atoms with E-state index in [0.717, 1.165) is 23.4 Å². The summed E-state index contributed by atoms with van der Waals surface area (Å²) in [6.07, 6.45) is 4.45. The predicted molar refractivity (Wildman–Crippen MR) is 119 cm³/mol. The second kappa shape index (κ2) is 14.8. The number of carbonyl (C=O) groups is 1. The highest BCUT2D eigenvalue weighted by Gasteiger charge is 2.04. The van der Waals surface area contributed by atoms with E-state index in [2.05, 4.69) is 43.1 Å². The van der Waals surface area contributed by atoms with Gasteiger partial charge in [-0.1, -0.05) is 22.0 Å². The van der Waals surface area contributed by atoms with E-state index in [4.69, 9.17) is 0 Å². The van der Waals surface area contributed by atoms with Crippen LogP contribution in [0.2, 0.25) is 0 Å². The zero-order chi connectivity index (χ0) is 16.9. The molecule has 24 heavy (non-hydrogen) atoms. The number of hydrogen-bond donors (Lipinski definition) is 3. The van der Waals surface area contributed by atoms with Crippen LogP contribution in [-0.4, -0.2) is 50.6 Å². The zero-order valence-electron chi connectivity index (χ0n) is 14.1. The number of thioether (sulfide) groups is 1. The molecule has 1 rings (SSSR count). The molecule has 0 saturated heterocycles. The van der Waals surface area contributed by atoms with Crippen molar-refractivity contribution in [3.05, 3.63) is 34.3 Å². The summed E-state index contributed by atoms with van der Waals surface area (Å²) in [6.45, 7) is 2.08. The molecule has 0 fully saturated rings. The number of benzene rings is 1. The molecule has 0 heterocycles. The van der Waals surface area contributed by atoms with E-state index >= 15 is 0 Å². The minimum absolute atomic E-state index is 0. The summed E-state index contributed by atoms with van der Waals surface area (Å²) in [7, 11) is 1.75. The van der Waals surface area contributed by atoms with E-state index in [1.807, 2.05) is 23.9 Å². The van der Waals surface area contributed by atoms with Crippen LogP contribution in [0.5, 0.6) is 0 Å². The number of rotatable bonds is 9. The minimum Gasteiger partial charge on any atom is -0.356 e. The summed E-state index contributed by atoms with van der Waals surface area (Å²) < 4.78 is 0.898. The molecule has 0 aliphatic heterocycles. The van der Waals surface area contributed by atoms with Gasteiger partial charge in [0.2, 0.25) is 0 Å². The Labute approximate surface area is 174 Å². The molecule has 0 saturated carbocycles. The van der Waals surface area contributed by atoms with Crippen molar-refractivity contribution in [1.29, 1.82) is 0 Å². The van der Waals surface area contributed by atoms with Crippen LogP contribution in [0.25, 0.3) is 0 Å². The first-order valence-corrected chi connectivity index (χ1v) is 9.83. The van der Waals surface area contributed by atoms with Gasteiger partial charge >= 0.3 is 0 Å². The number of aliphatic imine (C=N–C) groups is 1. The fourth-order valence-corrected chi connectivity index (χ4v) is 2.78. The number of carbonyl (C=O) groups excluding carboxylic acids is 1. The van der Waals surface area contributed by atoms with Gasteiger partial charge in [-0.2, -0.15) is 11.8 Å². The first kappa shape index (κ1) is 23.5. The maximum Gasteiger partial charge on any atom is 0.251 e. The van der Waals surface area contributed by atoms with Crippen molar-refractivity contribution in [2.75, 3.05) is 38.7 Å². The first-order valence-electron chi connectivity index (χ1n) is 7.64. The third kappa shape index (κ3) is 10.4. The molecule has 8 heteroatoms. The Kier molecular flexibility index (Phi) is 14.5. The lowest BCUT2D eigenvalue weighted by Crippen LogP contribution is -2.41. The Balaban J connectivity index is 0.00000529. The largest absolute Gasteiger partial charge is 0.356 e. The molecule has 0 aromatic heterocycles. The maximum absolute atomic E-state index is 12.0. The first-order chi connectivity index (χ1) is 11.2. The van der Waals surface area contributed by atoms with Gasteiger partial charge < -0.3 is 16.0 Å². The summed E-state index contributed by atoms with van der Waals surface area (Å²) in [5, 5.41) is 9.34. The lowest BCUT2D eigenvalue weighted by Gasteiger charge is -2.12. The normalized spacial score (nSPS) is 10.7. The van der Waals surface area contributed by atoms with Gasteiger partial charge in [-0.3, -0.25) is 9.79 Å². The number of guanidine groups is 1. The van der Waals surface area contributed by atoms with Crippen LogP contribution < -0.4 is 16.0 Å². The van der Waals surface area contributed by atoms with E-state index < -0.39 is 0 Å². The maximum atomic E-state index is 12.0. The molecule has 0 bridgehead atoms. The average Bonchev–Trinajstić information content (AvgIpc) is 2.56. The molecule has 136 valence electrons. The van der Waals surface area contributed by atoms with Crippen molar-refractivity contribution in [2.45, 2.75) is 12.8 Å². The van der Waals surface area contributed by atoms with Crippen molar-refractivity contribution in [1.82, 2.24) is 16.0 Å². The number of unbranched alkanes of at least 4 members (excludes halogenated alkanes) is 1. The number of halogens is 2. The number of amides is 1. The topological polar surface area (TPSA) is 65.5 Å². The van der Waals surface area contributed by atoms with Crippen molar-refractivity contribution in [2.24, 2.45) is 4.99 Å². The lowest BCUT2D eigenvalue weighted by molar-refractivity contribution is 0.0954. The summed E-state index contributed by atoms with van der Waals surface area (Å²) >= 11 is 5.23. The van der Waals surface area contributed by atoms with E-state index in [-0.39, 0.29) is 29.9 Å². The van der Waals surface area contributed by atoms with Gasteiger partial charge in [0, 0.05) is 36.7 Å². The van der Waals surface area contributed by atoms with Gasteiger partial charge in [0.15, 0.2) is 5.96 Å². The highest BCUT2D eigenvalue weighted by Crippen LogP contribution is 2.11.